The molecule has 3 aliphatic rings. The minimum absolute atomic E-state index is 0.0196. The average Bonchev–Trinajstić information content (AvgIpc) is 2.99. The molecule has 27 heavy (non-hydrogen) atoms. The van der Waals surface area contributed by atoms with Crippen LogP contribution < -0.4 is 4.90 Å². The van der Waals surface area contributed by atoms with E-state index in [0.717, 1.165) is 19.3 Å². The summed E-state index contributed by atoms with van der Waals surface area (Å²) in [4.78, 5) is 14.6. The van der Waals surface area contributed by atoms with Crippen molar-refractivity contribution in [1.82, 2.24) is 15.0 Å². The number of pyridine rings is 1. The predicted molar refractivity (Wildman–Crippen MR) is 99.2 cm³/mol. The number of alkyl halides is 2. The SMILES string of the molecule is CCSc1nc2c3c(nc(Cl)c(F)c3n1)C(F)(F)C[C@@H]1[C@@H]3CC[C@@H](C3)CN21. The fourth-order valence-corrected chi connectivity index (χ4v) is 5.69. The molecule has 9 heteroatoms. The van der Waals surface area contributed by atoms with Gasteiger partial charge >= 0.3 is 0 Å². The lowest BCUT2D eigenvalue weighted by Gasteiger charge is -2.41. The smallest absolute Gasteiger partial charge is 0.292 e. The highest BCUT2D eigenvalue weighted by Gasteiger charge is 2.51. The maximum atomic E-state index is 15.2. The van der Waals surface area contributed by atoms with Crippen molar-refractivity contribution in [2.45, 2.75) is 49.7 Å². The van der Waals surface area contributed by atoms with E-state index in [1.165, 1.54) is 11.8 Å². The number of hydrogen-bond donors (Lipinski definition) is 0. The monoisotopic (exact) mass is 414 g/mol. The second kappa shape index (κ2) is 6.11. The highest BCUT2D eigenvalue weighted by atomic mass is 35.5. The van der Waals surface area contributed by atoms with Crippen LogP contribution in [0.1, 0.15) is 38.3 Å². The summed E-state index contributed by atoms with van der Waals surface area (Å²) in [5, 5.41) is -0.157. The van der Waals surface area contributed by atoms with Crippen LogP contribution in [-0.4, -0.2) is 33.3 Å². The normalized spacial score (nSPS) is 28.3. The lowest BCUT2D eigenvalue weighted by Crippen LogP contribution is -2.47. The topological polar surface area (TPSA) is 41.9 Å². The summed E-state index contributed by atoms with van der Waals surface area (Å²) < 4.78 is 45.2. The van der Waals surface area contributed by atoms with Gasteiger partial charge in [0.2, 0.25) is 0 Å². The number of aromatic nitrogens is 3. The highest BCUT2D eigenvalue weighted by Crippen LogP contribution is 2.52. The molecule has 5 rings (SSSR count). The summed E-state index contributed by atoms with van der Waals surface area (Å²) in [6, 6.07) is -0.327. The quantitative estimate of drug-likeness (QED) is 0.391. The number of piperidine rings is 1. The minimum Gasteiger partial charge on any atom is -0.352 e. The Bertz CT molecular complexity index is 941. The van der Waals surface area contributed by atoms with Crippen LogP contribution >= 0.6 is 23.4 Å². The number of fused-ring (bicyclic) bond motifs is 5. The van der Waals surface area contributed by atoms with Gasteiger partial charge in [0.05, 0.1) is 5.39 Å². The minimum atomic E-state index is -3.21. The van der Waals surface area contributed by atoms with E-state index in [-0.39, 0.29) is 29.3 Å². The van der Waals surface area contributed by atoms with E-state index in [0.29, 0.717) is 29.2 Å². The summed E-state index contributed by atoms with van der Waals surface area (Å²) in [6.07, 6.45) is 2.63. The summed E-state index contributed by atoms with van der Waals surface area (Å²) in [5.74, 6) is -2.29. The van der Waals surface area contributed by atoms with Gasteiger partial charge in [-0.05, 0) is 36.9 Å². The van der Waals surface area contributed by atoms with Gasteiger partial charge in [-0.25, -0.2) is 19.3 Å². The molecule has 0 N–H and O–H groups in total. The van der Waals surface area contributed by atoms with E-state index in [1.54, 1.807) is 0 Å². The molecule has 2 aliphatic heterocycles. The van der Waals surface area contributed by atoms with Gasteiger partial charge in [0.1, 0.15) is 17.0 Å². The number of anilines is 1. The van der Waals surface area contributed by atoms with Crippen molar-refractivity contribution in [3.05, 3.63) is 16.7 Å². The molecule has 1 aliphatic carbocycles. The largest absolute Gasteiger partial charge is 0.352 e. The Morgan fingerprint density at radius 1 is 1.26 bits per heavy atom. The molecule has 1 saturated carbocycles. The van der Waals surface area contributed by atoms with Crippen LogP contribution in [0.15, 0.2) is 5.16 Å². The second-order valence-electron chi connectivity index (χ2n) is 7.62. The van der Waals surface area contributed by atoms with E-state index in [2.05, 4.69) is 15.0 Å². The van der Waals surface area contributed by atoms with Gasteiger partial charge in [0.25, 0.3) is 5.92 Å². The second-order valence-corrected chi connectivity index (χ2v) is 9.21. The van der Waals surface area contributed by atoms with Crippen molar-refractivity contribution in [3.63, 3.8) is 0 Å². The van der Waals surface area contributed by atoms with Crippen molar-refractivity contribution in [2.75, 3.05) is 17.2 Å². The molecule has 4 heterocycles. The lowest BCUT2D eigenvalue weighted by atomic mass is 9.87. The first kappa shape index (κ1) is 17.8. The van der Waals surface area contributed by atoms with Gasteiger partial charge in [-0.15, -0.1) is 0 Å². The van der Waals surface area contributed by atoms with Crippen LogP contribution in [0.4, 0.5) is 19.0 Å². The Kier molecular flexibility index (Phi) is 4.03. The highest BCUT2D eigenvalue weighted by molar-refractivity contribution is 7.99. The van der Waals surface area contributed by atoms with Crippen LogP contribution in [0, 0.1) is 17.7 Å². The van der Waals surface area contributed by atoms with Crippen molar-refractivity contribution in [2.24, 2.45) is 11.8 Å². The standard InChI is InChI=1S/C18H18ClF3N4S/c1-2-27-17-23-13-11-14(24-15(19)12(13)20)18(21,22)6-10-9-4-3-8(5-9)7-26(10)16(11)25-17/h8-10H,2-7H2,1H3/t8-,9+,10+/m0/s1. The van der Waals surface area contributed by atoms with Crippen molar-refractivity contribution >= 4 is 40.1 Å². The third kappa shape index (κ3) is 2.63. The molecule has 2 fully saturated rings. The van der Waals surface area contributed by atoms with Gasteiger partial charge in [0.15, 0.2) is 16.1 Å². The fraction of sp³-hybridized carbons (Fsp3) is 0.611. The van der Waals surface area contributed by atoms with E-state index >= 15 is 8.78 Å². The Morgan fingerprint density at radius 3 is 2.85 bits per heavy atom. The van der Waals surface area contributed by atoms with Crippen LogP contribution in [0.2, 0.25) is 5.15 Å². The zero-order valence-electron chi connectivity index (χ0n) is 14.7. The molecule has 0 spiro atoms. The number of nitrogens with zero attached hydrogens (tertiary/aromatic N) is 4. The first-order chi connectivity index (χ1) is 12.9. The van der Waals surface area contributed by atoms with Gasteiger partial charge in [0, 0.05) is 19.0 Å². The van der Waals surface area contributed by atoms with E-state index in [1.807, 2.05) is 11.8 Å². The van der Waals surface area contributed by atoms with Crippen LogP contribution in [0.3, 0.4) is 0 Å². The molecular weight excluding hydrogens is 397 g/mol. The molecule has 1 saturated heterocycles. The summed E-state index contributed by atoms with van der Waals surface area (Å²) in [6.45, 7) is 2.61. The summed E-state index contributed by atoms with van der Waals surface area (Å²) in [5.41, 5.74) is -0.638. The third-order valence-electron chi connectivity index (χ3n) is 6.04. The van der Waals surface area contributed by atoms with Crippen molar-refractivity contribution < 1.29 is 13.2 Å². The number of halogens is 4. The van der Waals surface area contributed by atoms with E-state index < -0.39 is 22.6 Å². The molecule has 144 valence electrons. The number of rotatable bonds is 2. The molecule has 0 radical (unpaired) electrons. The Morgan fingerprint density at radius 2 is 2.07 bits per heavy atom. The van der Waals surface area contributed by atoms with Crippen LogP contribution in [-0.2, 0) is 5.92 Å². The number of thioether (sulfide) groups is 1. The van der Waals surface area contributed by atoms with Gasteiger partial charge in [-0.3, -0.25) is 0 Å². The van der Waals surface area contributed by atoms with Gasteiger partial charge in [-0.2, -0.15) is 8.78 Å². The molecule has 4 nitrogen and oxygen atoms in total. The number of hydrogen-bond acceptors (Lipinski definition) is 5. The Balaban J connectivity index is 1.84. The summed E-state index contributed by atoms with van der Waals surface area (Å²) >= 11 is 7.23. The Hall–Kier alpha value is -1.28. The van der Waals surface area contributed by atoms with Gasteiger partial charge < -0.3 is 4.90 Å². The van der Waals surface area contributed by atoms with E-state index in [9.17, 15) is 4.39 Å². The van der Waals surface area contributed by atoms with Crippen molar-refractivity contribution in [1.29, 1.82) is 0 Å². The van der Waals surface area contributed by atoms with Crippen LogP contribution in [0.5, 0.6) is 0 Å². The molecule has 3 atom stereocenters. The first-order valence-corrected chi connectivity index (χ1v) is 10.6. The molecule has 2 aromatic rings. The van der Waals surface area contributed by atoms with Gasteiger partial charge in [-0.1, -0.05) is 30.3 Å². The zero-order valence-corrected chi connectivity index (χ0v) is 16.3. The zero-order chi connectivity index (χ0) is 18.9. The molecule has 2 bridgehead atoms. The Labute approximate surface area is 163 Å². The maximum absolute atomic E-state index is 15.2. The van der Waals surface area contributed by atoms with Crippen LogP contribution in [0.25, 0.3) is 10.9 Å². The average molecular weight is 415 g/mol. The fourth-order valence-electron chi connectivity index (χ4n) is 4.95. The summed E-state index contributed by atoms with van der Waals surface area (Å²) in [7, 11) is 0. The molecule has 2 aromatic heterocycles. The van der Waals surface area contributed by atoms with E-state index in [4.69, 9.17) is 11.6 Å². The molecule has 0 unspecified atom stereocenters. The lowest BCUT2D eigenvalue weighted by molar-refractivity contribution is -0.0282. The maximum Gasteiger partial charge on any atom is 0.292 e. The van der Waals surface area contributed by atoms with Crippen molar-refractivity contribution in [3.8, 4) is 0 Å². The molecule has 0 amide bonds. The third-order valence-corrected chi connectivity index (χ3v) is 7.02. The first-order valence-electron chi connectivity index (χ1n) is 9.23. The molecule has 0 aromatic carbocycles. The predicted octanol–water partition coefficient (Wildman–Crippen LogP) is 5.03. The molecular formula is C18H18ClF3N4S.